The summed E-state index contributed by atoms with van der Waals surface area (Å²) >= 11 is 6.13. The first-order valence-corrected chi connectivity index (χ1v) is 6.60. The van der Waals surface area contributed by atoms with E-state index in [-0.39, 0.29) is 18.7 Å². The molecule has 22 heavy (non-hydrogen) atoms. The third-order valence-corrected chi connectivity index (χ3v) is 3.53. The number of azide groups is 1. The summed E-state index contributed by atoms with van der Waals surface area (Å²) in [5.41, 5.74) is 9.36. The van der Waals surface area contributed by atoms with Gasteiger partial charge in [-0.1, -0.05) is 22.8 Å². The Morgan fingerprint density at radius 1 is 1.36 bits per heavy atom. The summed E-state index contributed by atoms with van der Waals surface area (Å²) in [5, 5.41) is 22.7. The second kappa shape index (κ2) is 6.38. The summed E-state index contributed by atoms with van der Waals surface area (Å²) in [4.78, 5) is 28.0. The van der Waals surface area contributed by atoms with Crippen molar-refractivity contribution in [3.8, 4) is 0 Å². The summed E-state index contributed by atoms with van der Waals surface area (Å²) in [6.07, 6.45) is 0.181. The second-order valence-electron chi connectivity index (χ2n) is 4.49. The van der Waals surface area contributed by atoms with E-state index in [1.807, 2.05) is 0 Å². The van der Waals surface area contributed by atoms with Crippen LogP contribution in [0, 0.1) is 0 Å². The Morgan fingerprint density at radius 3 is 2.64 bits per heavy atom. The van der Waals surface area contributed by atoms with Gasteiger partial charge in [-0.2, -0.15) is 0 Å². The van der Waals surface area contributed by atoms with Crippen LogP contribution in [0.2, 0.25) is 5.02 Å². The fourth-order valence-electron chi connectivity index (χ4n) is 2.36. The molecule has 0 aliphatic rings. The van der Waals surface area contributed by atoms with E-state index in [0.717, 1.165) is 0 Å². The molecule has 2 aromatic rings. The van der Waals surface area contributed by atoms with Crippen LogP contribution in [0.4, 0.5) is 0 Å². The van der Waals surface area contributed by atoms with Gasteiger partial charge in [0.15, 0.2) is 5.92 Å². The van der Waals surface area contributed by atoms with Crippen molar-refractivity contribution < 1.29 is 19.8 Å². The Hall–Kier alpha value is -2.70. The van der Waals surface area contributed by atoms with E-state index in [0.29, 0.717) is 21.5 Å². The first-order chi connectivity index (χ1) is 10.5. The highest BCUT2D eigenvalue weighted by Gasteiger charge is 2.32. The molecule has 0 atom stereocenters. The van der Waals surface area contributed by atoms with E-state index in [9.17, 15) is 19.8 Å². The number of fused-ring (bicyclic) bond motifs is 1. The molecule has 0 spiro atoms. The van der Waals surface area contributed by atoms with Crippen molar-refractivity contribution in [2.45, 2.75) is 12.3 Å². The minimum Gasteiger partial charge on any atom is -0.480 e. The minimum absolute atomic E-state index is 0.0382. The van der Waals surface area contributed by atoms with Crippen LogP contribution in [0.15, 0.2) is 23.3 Å². The fourth-order valence-corrected chi connectivity index (χ4v) is 2.64. The van der Waals surface area contributed by atoms with E-state index in [2.05, 4.69) is 15.0 Å². The van der Waals surface area contributed by atoms with Gasteiger partial charge in [0, 0.05) is 28.1 Å². The zero-order valence-electron chi connectivity index (χ0n) is 11.2. The number of benzene rings is 1. The van der Waals surface area contributed by atoms with Crippen molar-refractivity contribution >= 4 is 34.4 Å². The molecule has 0 unspecified atom stereocenters. The van der Waals surface area contributed by atoms with Gasteiger partial charge in [-0.3, -0.25) is 9.59 Å². The lowest BCUT2D eigenvalue weighted by Crippen LogP contribution is -2.22. The van der Waals surface area contributed by atoms with Crippen molar-refractivity contribution in [2.75, 3.05) is 6.54 Å². The molecule has 1 aromatic heterocycles. The zero-order valence-corrected chi connectivity index (χ0v) is 11.9. The molecule has 0 aliphatic heterocycles. The maximum atomic E-state index is 11.3. The van der Waals surface area contributed by atoms with E-state index in [1.165, 1.54) is 0 Å². The number of H-pyrrole nitrogens is 1. The Labute approximate surface area is 128 Å². The monoisotopic (exact) mass is 322 g/mol. The standard InChI is InChI=1S/C13H11ClN4O4/c14-7-2-1-3-8-9(7)6(4-5-16-18-15)11(17-8)10(12(19)20)13(21)22/h1-3,10,17H,4-5H2,(H,19,20)(H,21,22). The van der Waals surface area contributed by atoms with Crippen LogP contribution < -0.4 is 0 Å². The molecule has 0 amide bonds. The summed E-state index contributed by atoms with van der Waals surface area (Å²) in [6, 6.07) is 4.95. The maximum Gasteiger partial charge on any atom is 0.324 e. The van der Waals surface area contributed by atoms with Crippen molar-refractivity contribution in [1.29, 1.82) is 0 Å². The predicted octanol–water partition coefficient (Wildman–Crippen LogP) is 2.93. The highest BCUT2D eigenvalue weighted by atomic mass is 35.5. The fraction of sp³-hybridized carbons (Fsp3) is 0.231. The molecule has 0 fully saturated rings. The van der Waals surface area contributed by atoms with E-state index >= 15 is 0 Å². The topological polar surface area (TPSA) is 139 Å². The smallest absolute Gasteiger partial charge is 0.324 e. The molecule has 0 saturated heterocycles. The number of carboxylic acids is 2. The van der Waals surface area contributed by atoms with Crippen LogP contribution in [0.3, 0.4) is 0 Å². The number of hydrogen-bond acceptors (Lipinski definition) is 3. The number of aliphatic carboxylic acids is 2. The second-order valence-corrected chi connectivity index (χ2v) is 4.90. The maximum absolute atomic E-state index is 11.3. The molecule has 0 bridgehead atoms. The Balaban J connectivity index is 2.68. The van der Waals surface area contributed by atoms with Crippen LogP contribution >= 0.6 is 11.6 Å². The Kier molecular flexibility index (Phi) is 4.55. The van der Waals surface area contributed by atoms with E-state index in [4.69, 9.17) is 17.1 Å². The number of halogens is 1. The third-order valence-electron chi connectivity index (χ3n) is 3.22. The molecule has 0 saturated carbocycles. The molecule has 1 aromatic carbocycles. The van der Waals surface area contributed by atoms with Crippen LogP contribution in [0.5, 0.6) is 0 Å². The minimum atomic E-state index is -1.75. The lowest BCUT2D eigenvalue weighted by Gasteiger charge is -2.09. The predicted molar refractivity (Wildman–Crippen MR) is 79.0 cm³/mol. The summed E-state index contributed by atoms with van der Waals surface area (Å²) < 4.78 is 0. The van der Waals surface area contributed by atoms with E-state index < -0.39 is 17.9 Å². The number of carboxylic acid groups (broad SMARTS) is 2. The summed E-state index contributed by atoms with van der Waals surface area (Å²) in [6.45, 7) is 0.0631. The largest absolute Gasteiger partial charge is 0.480 e. The molecular formula is C13H11ClN4O4. The molecule has 8 nitrogen and oxygen atoms in total. The van der Waals surface area contributed by atoms with Crippen LogP contribution in [0.25, 0.3) is 21.3 Å². The van der Waals surface area contributed by atoms with Gasteiger partial charge in [0.1, 0.15) is 0 Å². The lowest BCUT2D eigenvalue weighted by molar-refractivity contribution is -0.150. The average molecular weight is 323 g/mol. The van der Waals surface area contributed by atoms with Gasteiger partial charge in [-0.05, 0) is 29.6 Å². The van der Waals surface area contributed by atoms with Gasteiger partial charge >= 0.3 is 11.9 Å². The highest BCUT2D eigenvalue weighted by Crippen LogP contribution is 2.33. The number of rotatable bonds is 6. The van der Waals surface area contributed by atoms with Crippen molar-refractivity contribution in [3.63, 3.8) is 0 Å². The third kappa shape index (κ3) is 2.83. The highest BCUT2D eigenvalue weighted by molar-refractivity contribution is 6.35. The Morgan fingerprint density at radius 2 is 2.05 bits per heavy atom. The number of carbonyl (C=O) groups is 2. The van der Waals surface area contributed by atoms with E-state index in [1.54, 1.807) is 18.2 Å². The molecule has 1 heterocycles. The molecule has 114 valence electrons. The van der Waals surface area contributed by atoms with Crippen LogP contribution in [-0.4, -0.2) is 33.7 Å². The van der Waals surface area contributed by atoms with Crippen molar-refractivity contribution in [3.05, 3.63) is 44.9 Å². The number of nitrogens with one attached hydrogen (secondary N) is 1. The average Bonchev–Trinajstić information content (AvgIpc) is 2.78. The van der Waals surface area contributed by atoms with Gasteiger partial charge < -0.3 is 15.2 Å². The summed E-state index contributed by atoms with van der Waals surface area (Å²) in [7, 11) is 0. The normalized spacial score (nSPS) is 10.6. The number of nitrogens with zero attached hydrogens (tertiary/aromatic N) is 3. The molecule has 9 heteroatoms. The molecule has 2 rings (SSSR count). The summed E-state index contributed by atoms with van der Waals surface area (Å²) in [5.74, 6) is -4.72. The van der Waals surface area contributed by atoms with Crippen molar-refractivity contribution in [2.24, 2.45) is 5.11 Å². The quantitative estimate of drug-likeness (QED) is 0.325. The molecule has 0 radical (unpaired) electrons. The molecular weight excluding hydrogens is 312 g/mol. The Bertz CT molecular complexity index is 781. The zero-order chi connectivity index (χ0) is 16.3. The van der Waals surface area contributed by atoms with Crippen molar-refractivity contribution in [1.82, 2.24) is 4.98 Å². The van der Waals surface area contributed by atoms with Crippen LogP contribution in [-0.2, 0) is 16.0 Å². The van der Waals surface area contributed by atoms with Gasteiger partial charge in [0.25, 0.3) is 0 Å². The van der Waals surface area contributed by atoms with Gasteiger partial charge in [0.2, 0.25) is 0 Å². The SMILES string of the molecule is [N-]=[N+]=NCCc1c(C(C(=O)O)C(=O)O)[nH]c2cccc(Cl)c12. The first kappa shape index (κ1) is 15.7. The number of hydrogen-bond donors (Lipinski definition) is 3. The first-order valence-electron chi connectivity index (χ1n) is 6.22. The number of aromatic nitrogens is 1. The van der Waals surface area contributed by atoms with Gasteiger partial charge in [-0.25, -0.2) is 0 Å². The molecule has 0 aliphatic carbocycles. The number of aromatic amines is 1. The lowest BCUT2D eigenvalue weighted by atomic mass is 9.98. The molecule has 3 N–H and O–H groups in total. The van der Waals surface area contributed by atoms with Gasteiger partial charge in [0.05, 0.1) is 5.02 Å². The van der Waals surface area contributed by atoms with Crippen LogP contribution in [0.1, 0.15) is 17.2 Å². The van der Waals surface area contributed by atoms with Gasteiger partial charge in [-0.15, -0.1) is 0 Å².